The minimum atomic E-state index is -4.37. The molecule has 0 spiro atoms. The summed E-state index contributed by atoms with van der Waals surface area (Å²) < 4.78 is 43.6. The minimum absolute atomic E-state index is 0.0674. The lowest BCUT2D eigenvalue weighted by molar-refractivity contribution is -0.137. The molecule has 1 aliphatic heterocycles. The highest BCUT2D eigenvalue weighted by Gasteiger charge is 2.30. The first kappa shape index (κ1) is 18.5. The number of rotatable bonds is 4. The number of likely N-dealkylation sites (N-methyl/N-ethyl adjacent to an activating group) is 1. The van der Waals surface area contributed by atoms with Crippen molar-refractivity contribution in [3.05, 3.63) is 70.8 Å². The van der Waals surface area contributed by atoms with Crippen LogP contribution in [0, 0.1) is 0 Å². The van der Waals surface area contributed by atoms with E-state index in [0.717, 1.165) is 18.6 Å². The molecule has 0 fully saturated rings. The molecule has 1 amide bonds. The van der Waals surface area contributed by atoms with E-state index in [9.17, 15) is 18.0 Å². The maximum Gasteiger partial charge on any atom is 0.416 e. The van der Waals surface area contributed by atoms with Crippen LogP contribution in [0.3, 0.4) is 0 Å². The van der Waals surface area contributed by atoms with Gasteiger partial charge in [-0.05, 0) is 28.8 Å². The van der Waals surface area contributed by atoms with E-state index in [1.807, 2.05) is 18.2 Å². The Labute approximate surface area is 150 Å². The van der Waals surface area contributed by atoms with Crippen molar-refractivity contribution in [3.63, 3.8) is 0 Å². The number of benzene rings is 2. The molecule has 0 saturated heterocycles. The molecular weight excluding hydrogens is 343 g/mol. The van der Waals surface area contributed by atoms with Crippen molar-refractivity contribution in [2.45, 2.75) is 31.7 Å². The second-order valence-corrected chi connectivity index (χ2v) is 6.55. The van der Waals surface area contributed by atoms with Gasteiger partial charge in [0.05, 0.1) is 24.7 Å². The summed E-state index contributed by atoms with van der Waals surface area (Å²) in [5.41, 5.74) is 2.25. The van der Waals surface area contributed by atoms with E-state index >= 15 is 0 Å². The summed E-state index contributed by atoms with van der Waals surface area (Å²) >= 11 is 0. The predicted octanol–water partition coefficient (Wildman–Crippen LogP) is 3.85. The molecule has 6 heteroatoms. The summed E-state index contributed by atoms with van der Waals surface area (Å²) in [5, 5.41) is 0. The van der Waals surface area contributed by atoms with Crippen molar-refractivity contribution < 1.29 is 22.7 Å². The van der Waals surface area contributed by atoms with E-state index in [1.54, 1.807) is 11.9 Å². The molecule has 0 aliphatic carbocycles. The maximum absolute atomic E-state index is 12.6. The molecule has 3 nitrogen and oxygen atoms in total. The lowest BCUT2D eigenvalue weighted by Crippen LogP contribution is -2.38. The zero-order chi connectivity index (χ0) is 18.7. The molecule has 26 heavy (non-hydrogen) atoms. The number of carbonyl (C=O) groups is 1. The van der Waals surface area contributed by atoms with Gasteiger partial charge in [-0.2, -0.15) is 13.2 Å². The van der Waals surface area contributed by atoms with Crippen LogP contribution in [0.25, 0.3) is 0 Å². The Morgan fingerprint density at radius 2 is 1.77 bits per heavy atom. The highest BCUT2D eigenvalue weighted by molar-refractivity contribution is 5.78. The normalized spacial score (nSPS) is 16.8. The van der Waals surface area contributed by atoms with E-state index in [2.05, 4.69) is 6.07 Å². The van der Waals surface area contributed by atoms with Crippen LogP contribution in [0.2, 0.25) is 0 Å². The van der Waals surface area contributed by atoms with Crippen LogP contribution >= 0.6 is 0 Å². The van der Waals surface area contributed by atoms with Crippen LogP contribution < -0.4 is 0 Å². The molecule has 2 aromatic carbocycles. The first-order chi connectivity index (χ1) is 12.3. The maximum atomic E-state index is 12.6. The molecule has 138 valence electrons. The lowest BCUT2D eigenvalue weighted by atomic mass is 9.99. The number of hydrogen-bond donors (Lipinski definition) is 0. The third-order valence-corrected chi connectivity index (χ3v) is 4.58. The van der Waals surface area contributed by atoms with Crippen LogP contribution in [-0.2, 0) is 35.2 Å². The zero-order valence-electron chi connectivity index (χ0n) is 14.4. The van der Waals surface area contributed by atoms with Crippen LogP contribution in [0.1, 0.15) is 22.3 Å². The Balaban J connectivity index is 1.55. The molecule has 1 atom stereocenters. The molecule has 1 heterocycles. The number of halogens is 3. The second-order valence-electron chi connectivity index (χ2n) is 6.55. The number of ether oxygens (including phenoxy) is 1. The van der Waals surface area contributed by atoms with Crippen molar-refractivity contribution in [2.75, 3.05) is 13.6 Å². The van der Waals surface area contributed by atoms with E-state index in [-0.39, 0.29) is 18.4 Å². The van der Waals surface area contributed by atoms with Crippen LogP contribution in [0.15, 0.2) is 48.5 Å². The first-order valence-electron chi connectivity index (χ1n) is 8.41. The van der Waals surface area contributed by atoms with E-state index in [1.165, 1.54) is 23.3 Å². The van der Waals surface area contributed by atoms with Gasteiger partial charge in [-0.15, -0.1) is 0 Å². The van der Waals surface area contributed by atoms with Gasteiger partial charge < -0.3 is 9.64 Å². The number of hydrogen-bond acceptors (Lipinski definition) is 2. The summed E-state index contributed by atoms with van der Waals surface area (Å²) in [6.07, 6.45) is -3.63. The smallest absolute Gasteiger partial charge is 0.371 e. The summed E-state index contributed by atoms with van der Waals surface area (Å²) in [6.45, 7) is 0.982. The Morgan fingerprint density at radius 3 is 2.42 bits per heavy atom. The van der Waals surface area contributed by atoms with Gasteiger partial charge in [0, 0.05) is 20.0 Å². The predicted molar refractivity (Wildman–Crippen MR) is 91.5 cm³/mol. The van der Waals surface area contributed by atoms with Gasteiger partial charge in [0.2, 0.25) is 5.91 Å². The Morgan fingerprint density at radius 1 is 1.12 bits per heavy atom. The molecule has 1 unspecified atom stereocenters. The standard InChI is InChI=1S/C20H20F3NO2/c1-24(12-18-11-15-4-2-3-5-16(15)13-26-18)19(25)10-14-6-8-17(9-7-14)20(21,22)23/h2-9,18H,10-13H2,1H3. The number of alkyl halides is 3. The van der Waals surface area contributed by atoms with Crippen molar-refractivity contribution in [2.24, 2.45) is 0 Å². The summed E-state index contributed by atoms with van der Waals surface area (Å²) in [7, 11) is 1.69. The molecule has 3 rings (SSSR count). The highest BCUT2D eigenvalue weighted by atomic mass is 19.4. The molecule has 0 N–H and O–H groups in total. The molecule has 0 bridgehead atoms. The van der Waals surface area contributed by atoms with Crippen molar-refractivity contribution in [3.8, 4) is 0 Å². The minimum Gasteiger partial charge on any atom is -0.371 e. The molecule has 0 aromatic heterocycles. The van der Waals surface area contributed by atoms with Gasteiger partial charge in [-0.25, -0.2) is 0 Å². The van der Waals surface area contributed by atoms with Crippen LogP contribution in [0.5, 0.6) is 0 Å². The fourth-order valence-electron chi connectivity index (χ4n) is 3.05. The monoisotopic (exact) mass is 363 g/mol. The zero-order valence-corrected chi connectivity index (χ0v) is 14.4. The fraction of sp³-hybridized carbons (Fsp3) is 0.350. The van der Waals surface area contributed by atoms with Gasteiger partial charge in [-0.3, -0.25) is 4.79 Å². The van der Waals surface area contributed by atoms with Crippen LogP contribution in [-0.4, -0.2) is 30.5 Å². The third-order valence-electron chi connectivity index (χ3n) is 4.58. The molecule has 1 aliphatic rings. The molecule has 0 saturated carbocycles. The largest absolute Gasteiger partial charge is 0.416 e. The number of carbonyl (C=O) groups excluding carboxylic acids is 1. The first-order valence-corrected chi connectivity index (χ1v) is 8.41. The molecule has 0 radical (unpaired) electrons. The third kappa shape index (κ3) is 4.43. The molecular formula is C20H20F3NO2. The van der Waals surface area contributed by atoms with Gasteiger partial charge in [0.15, 0.2) is 0 Å². The van der Waals surface area contributed by atoms with E-state index < -0.39 is 11.7 Å². The Bertz CT molecular complexity index is 771. The summed E-state index contributed by atoms with van der Waals surface area (Å²) in [4.78, 5) is 13.9. The van der Waals surface area contributed by atoms with Crippen molar-refractivity contribution in [1.29, 1.82) is 0 Å². The highest BCUT2D eigenvalue weighted by Crippen LogP contribution is 2.29. The van der Waals surface area contributed by atoms with Gasteiger partial charge in [-0.1, -0.05) is 36.4 Å². The van der Waals surface area contributed by atoms with Crippen molar-refractivity contribution >= 4 is 5.91 Å². The second kappa shape index (κ2) is 7.50. The van der Waals surface area contributed by atoms with Crippen LogP contribution in [0.4, 0.5) is 13.2 Å². The Kier molecular flexibility index (Phi) is 5.32. The van der Waals surface area contributed by atoms with Gasteiger partial charge in [0.1, 0.15) is 0 Å². The average Bonchev–Trinajstić information content (AvgIpc) is 2.61. The summed E-state index contributed by atoms with van der Waals surface area (Å²) in [6, 6.07) is 12.8. The van der Waals surface area contributed by atoms with Crippen molar-refractivity contribution in [1.82, 2.24) is 4.90 Å². The topological polar surface area (TPSA) is 29.5 Å². The number of amides is 1. The average molecular weight is 363 g/mol. The Hall–Kier alpha value is -2.34. The van der Waals surface area contributed by atoms with E-state index in [4.69, 9.17) is 4.74 Å². The lowest BCUT2D eigenvalue weighted by Gasteiger charge is -2.29. The quantitative estimate of drug-likeness (QED) is 0.826. The number of nitrogens with zero attached hydrogens (tertiary/aromatic N) is 1. The summed E-state index contributed by atoms with van der Waals surface area (Å²) in [5.74, 6) is -0.146. The SMILES string of the molecule is CN(CC1Cc2ccccc2CO1)C(=O)Cc1ccc(C(F)(F)F)cc1. The van der Waals surface area contributed by atoms with Gasteiger partial charge in [0.25, 0.3) is 0 Å². The molecule has 2 aromatic rings. The fourth-order valence-corrected chi connectivity index (χ4v) is 3.05. The van der Waals surface area contributed by atoms with E-state index in [0.29, 0.717) is 18.7 Å². The van der Waals surface area contributed by atoms with Gasteiger partial charge >= 0.3 is 6.18 Å². The number of fused-ring (bicyclic) bond motifs is 1.